The van der Waals surface area contributed by atoms with Crippen molar-refractivity contribution in [1.29, 1.82) is 0 Å². The number of rotatable bonds is 3. The van der Waals surface area contributed by atoms with Crippen LogP contribution in [-0.4, -0.2) is 17.7 Å². The zero-order valence-corrected chi connectivity index (χ0v) is 10.9. The van der Waals surface area contributed by atoms with Crippen LogP contribution in [0.2, 0.25) is 0 Å². The van der Waals surface area contributed by atoms with Crippen molar-refractivity contribution in [3.8, 4) is 0 Å². The van der Waals surface area contributed by atoms with Crippen LogP contribution in [-0.2, 0) is 15.7 Å². The number of benzene rings is 1. The fourth-order valence-electron chi connectivity index (χ4n) is 1.27. The standard InChI is InChI=1S/C11H10BrF3O3/c1-2-18-10(17)9(16)7-4-3-6(5-8(7)12)11(13,14)15/h3-5,9,16H,2H2,1H3. The average molecular weight is 327 g/mol. The molecule has 0 saturated heterocycles. The second kappa shape index (κ2) is 5.71. The number of aliphatic hydroxyl groups excluding tert-OH is 1. The lowest BCUT2D eigenvalue weighted by Gasteiger charge is -2.13. The molecule has 1 unspecified atom stereocenters. The van der Waals surface area contributed by atoms with E-state index in [4.69, 9.17) is 0 Å². The molecule has 7 heteroatoms. The van der Waals surface area contributed by atoms with Crippen LogP contribution in [0.3, 0.4) is 0 Å². The van der Waals surface area contributed by atoms with E-state index in [2.05, 4.69) is 20.7 Å². The van der Waals surface area contributed by atoms with Crippen LogP contribution in [0, 0.1) is 0 Å². The van der Waals surface area contributed by atoms with Gasteiger partial charge in [0.15, 0.2) is 6.10 Å². The summed E-state index contributed by atoms with van der Waals surface area (Å²) in [5.41, 5.74) is -0.837. The molecular weight excluding hydrogens is 317 g/mol. The molecule has 1 N–H and O–H groups in total. The third-order valence-corrected chi connectivity index (χ3v) is 2.82. The van der Waals surface area contributed by atoms with E-state index >= 15 is 0 Å². The molecule has 0 fully saturated rings. The summed E-state index contributed by atoms with van der Waals surface area (Å²) in [6.45, 7) is 1.64. The number of halogens is 4. The van der Waals surface area contributed by atoms with Gasteiger partial charge < -0.3 is 9.84 Å². The summed E-state index contributed by atoms with van der Waals surface area (Å²) in [6.07, 6.45) is -6.09. The van der Waals surface area contributed by atoms with Crippen LogP contribution in [0.5, 0.6) is 0 Å². The highest BCUT2D eigenvalue weighted by molar-refractivity contribution is 9.10. The summed E-state index contributed by atoms with van der Waals surface area (Å²) in [6, 6.07) is 2.63. The van der Waals surface area contributed by atoms with E-state index in [-0.39, 0.29) is 16.6 Å². The summed E-state index contributed by atoms with van der Waals surface area (Å²) in [7, 11) is 0. The van der Waals surface area contributed by atoms with Gasteiger partial charge in [-0.25, -0.2) is 4.79 Å². The molecule has 100 valence electrons. The summed E-state index contributed by atoms with van der Waals surface area (Å²) in [5, 5.41) is 9.61. The average Bonchev–Trinajstić information content (AvgIpc) is 2.27. The number of esters is 1. The van der Waals surface area contributed by atoms with E-state index in [1.807, 2.05) is 0 Å². The Morgan fingerprint density at radius 1 is 1.50 bits per heavy atom. The van der Waals surface area contributed by atoms with Crippen molar-refractivity contribution in [2.24, 2.45) is 0 Å². The molecule has 0 spiro atoms. The topological polar surface area (TPSA) is 46.5 Å². The molecule has 1 aromatic rings. The van der Waals surface area contributed by atoms with Gasteiger partial charge in [-0.1, -0.05) is 22.0 Å². The van der Waals surface area contributed by atoms with Crippen molar-refractivity contribution in [1.82, 2.24) is 0 Å². The van der Waals surface area contributed by atoms with Gasteiger partial charge in [0, 0.05) is 10.0 Å². The summed E-state index contributed by atoms with van der Waals surface area (Å²) in [5.74, 6) is -0.905. The lowest BCUT2D eigenvalue weighted by molar-refractivity contribution is -0.153. The molecule has 3 nitrogen and oxygen atoms in total. The first-order valence-corrected chi connectivity index (χ1v) is 5.78. The number of hydrogen-bond acceptors (Lipinski definition) is 3. The molecule has 0 aliphatic rings. The molecule has 0 bridgehead atoms. The molecule has 0 aromatic heterocycles. The number of ether oxygens (including phenoxy) is 1. The fraction of sp³-hybridized carbons (Fsp3) is 0.364. The molecule has 1 atom stereocenters. The quantitative estimate of drug-likeness (QED) is 0.868. The maximum atomic E-state index is 12.4. The second-order valence-corrected chi connectivity index (χ2v) is 4.24. The van der Waals surface area contributed by atoms with Gasteiger partial charge in [0.05, 0.1) is 12.2 Å². The maximum Gasteiger partial charge on any atom is 0.416 e. The second-order valence-electron chi connectivity index (χ2n) is 3.39. The molecule has 0 saturated carbocycles. The van der Waals surface area contributed by atoms with E-state index in [1.165, 1.54) is 0 Å². The van der Waals surface area contributed by atoms with Gasteiger partial charge in [0.1, 0.15) is 0 Å². The van der Waals surface area contributed by atoms with E-state index in [9.17, 15) is 23.1 Å². The predicted molar refractivity (Wildman–Crippen MR) is 60.7 cm³/mol. The SMILES string of the molecule is CCOC(=O)C(O)c1ccc(C(F)(F)F)cc1Br. The molecule has 0 heterocycles. The van der Waals surface area contributed by atoms with E-state index in [0.717, 1.165) is 18.2 Å². The summed E-state index contributed by atoms with van der Waals surface area (Å²) >= 11 is 2.89. The van der Waals surface area contributed by atoms with Gasteiger partial charge in [0.2, 0.25) is 0 Å². The fourth-order valence-corrected chi connectivity index (χ4v) is 1.87. The molecule has 0 aliphatic carbocycles. The van der Waals surface area contributed by atoms with Crippen LogP contribution in [0.25, 0.3) is 0 Å². The van der Waals surface area contributed by atoms with Crippen molar-refractivity contribution in [2.45, 2.75) is 19.2 Å². The monoisotopic (exact) mass is 326 g/mol. The predicted octanol–water partition coefficient (Wildman–Crippen LogP) is 3.06. The van der Waals surface area contributed by atoms with Gasteiger partial charge in [0.25, 0.3) is 0 Å². The van der Waals surface area contributed by atoms with Crippen molar-refractivity contribution in [3.63, 3.8) is 0 Å². The highest BCUT2D eigenvalue weighted by Gasteiger charge is 2.32. The Morgan fingerprint density at radius 2 is 2.11 bits per heavy atom. The zero-order valence-electron chi connectivity index (χ0n) is 9.29. The Balaban J connectivity index is 3.02. The van der Waals surface area contributed by atoms with Gasteiger partial charge >= 0.3 is 12.1 Å². The van der Waals surface area contributed by atoms with Crippen LogP contribution < -0.4 is 0 Å². The number of alkyl halides is 3. The lowest BCUT2D eigenvalue weighted by Crippen LogP contribution is -2.16. The Morgan fingerprint density at radius 3 is 2.56 bits per heavy atom. The zero-order chi connectivity index (χ0) is 13.9. The first-order valence-electron chi connectivity index (χ1n) is 4.98. The molecule has 0 radical (unpaired) electrons. The molecular formula is C11H10BrF3O3. The van der Waals surface area contributed by atoms with E-state index < -0.39 is 23.8 Å². The first-order chi connectivity index (χ1) is 8.27. The highest BCUT2D eigenvalue weighted by atomic mass is 79.9. The molecule has 0 amide bonds. The normalized spacial score (nSPS) is 13.2. The third-order valence-electron chi connectivity index (χ3n) is 2.13. The lowest BCUT2D eigenvalue weighted by atomic mass is 10.1. The smallest absolute Gasteiger partial charge is 0.416 e. The minimum absolute atomic E-state index is 0.00196. The minimum Gasteiger partial charge on any atom is -0.464 e. The molecule has 0 aliphatic heterocycles. The van der Waals surface area contributed by atoms with Crippen LogP contribution in [0.1, 0.15) is 24.2 Å². The van der Waals surface area contributed by atoms with Crippen molar-refractivity contribution >= 4 is 21.9 Å². The van der Waals surface area contributed by atoms with Crippen molar-refractivity contribution in [3.05, 3.63) is 33.8 Å². The number of hydrogen-bond donors (Lipinski definition) is 1. The van der Waals surface area contributed by atoms with Crippen LogP contribution >= 0.6 is 15.9 Å². The Kier molecular flexibility index (Phi) is 4.75. The van der Waals surface area contributed by atoms with Gasteiger partial charge in [-0.15, -0.1) is 0 Å². The van der Waals surface area contributed by atoms with E-state index in [1.54, 1.807) is 6.92 Å². The first kappa shape index (κ1) is 15.0. The molecule has 1 rings (SSSR count). The number of carbonyl (C=O) groups is 1. The summed E-state index contributed by atoms with van der Waals surface area (Å²) in [4.78, 5) is 11.3. The minimum atomic E-state index is -4.48. The number of aliphatic hydroxyl groups is 1. The van der Waals surface area contributed by atoms with Crippen LogP contribution in [0.4, 0.5) is 13.2 Å². The Labute approximate surface area is 110 Å². The van der Waals surface area contributed by atoms with Gasteiger partial charge in [-0.3, -0.25) is 0 Å². The maximum absolute atomic E-state index is 12.4. The van der Waals surface area contributed by atoms with Crippen molar-refractivity contribution in [2.75, 3.05) is 6.61 Å². The number of carbonyl (C=O) groups excluding carboxylic acids is 1. The Bertz CT molecular complexity index is 446. The molecule has 18 heavy (non-hydrogen) atoms. The van der Waals surface area contributed by atoms with E-state index in [0.29, 0.717) is 0 Å². The largest absolute Gasteiger partial charge is 0.464 e. The van der Waals surface area contributed by atoms with Gasteiger partial charge in [-0.05, 0) is 19.1 Å². The molecule has 1 aromatic carbocycles. The third kappa shape index (κ3) is 3.46. The Hall–Kier alpha value is -1.08. The van der Waals surface area contributed by atoms with Crippen LogP contribution in [0.15, 0.2) is 22.7 Å². The highest BCUT2D eigenvalue weighted by Crippen LogP contribution is 2.34. The summed E-state index contributed by atoms with van der Waals surface area (Å²) < 4.78 is 41.8. The van der Waals surface area contributed by atoms with Gasteiger partial charge in [-0.2, -0.15) is 13.2 Å². The van der Waals surface area contributed by atoms with Crippen molar-refractivity contribution < 1.29 is 27.8 Å².